The quantitative estimate of drug-likeness (QED) is 0.332. The van der Waals surface area contributed by atoms with E-state index < -0.39 is 19.7 Å². The highest BCUT2D eigenvalue weighted by molar-refractivity contribution is 7.91. The molecule has 1 amide bonds. The van der Waals surface area contributed by atoms with Crippen molar-refractivity contribution in [3.05, 3.63) is 48.5 Å². The first-order chi connectivity index (χ1) is 24.7. The standard InChI is InChI=1S/C23H34N2O4S.C17H26N2O2S/c1-17(2)16-22(26)23(27)25-14-10-19(11-15-25)18-8-12-24(13-9-18)20-4-6-21(7-5-20)30(3,28)29;1-22(20,21)17-4-2-16(3-5-17)19-12-8-15(9-13-19)14-6-10-18-11-7-14/h4-7,17-19H,8-16H2,1-3H3;2-5,14-15,18H,6-13H2,1H3. The Labute approximate surface area is 312 Å². The van der Waals surface area contributed by atoms with E-state index in [-0.39, 0.29) is 17.6 Å². The number of sulfone groups is 2. The van der Waals surface area contributed by atoms with Crippen molar-refractivity contribution in [1.82, 2.24) is 10.2 Å². The van der Waals surface area contributed by atoms with Gasteiger partial charge in [0.15, 0.2) is 19.7 Å². The molecule has 4 fully saturated rings. The van der Waals surface area contributed by atoms with Crippen molar-refractivity contribution in [2.45, 2.75) is 81.4 Å². The predicted octanol–water partition coefficient (Wildman–Crippen LogP) is 5.47. The van der Waals surface area contributed by atoms with Crippen LogP contribution in [0, 0.1) is 29.6 Å². The van der Waals surface area contributed by atoms with Crippen LogP contribution >= 0.6 is 0 Å². The van der Waals surface area contributed by atoms with Gasteiger partial charge < -0.3 is 20.0 Å². The smallest absolute Gasteiger partial charge is 0.289 e. The lowest BCUT2D eigenvalue weighted by molar-refractivity contribution is -0.146. The molecule has 2 aromatic carbocycles. The maximum Gasteiger partial charge on any atom is 0.289 e. The minimum atomic E-state index is -3.16. The van der Waals surface area contributed by atoms with Gasteiger partial charge in [-0.2, -0.15) is 0 Å². The average Bonchev–Trinajstić information content (AvgIpc) is 3.14. The summed E-state index contributed by atoms with van der Waals surface area (Å²) in [7, 11) is -6.26. The molecule has 2 aromatic rings. The van der Waals surface area contributed by atoms with Gasteiger partial charge in [-0.05, 0) is 143 Å². The van der Waals surface area contributed by atoms with E-state index in [4.69, 9.17) is 0 Å². The monoisotopic (exact) mass is 756 g/mol. The van der Waals surface area contributed by atoms with E-state index in [0.717, 1.165) is 75.1 Å². The van der Waals surface area contributed by atoms with E-state index in [1.54, 1.807) is 29.2 Å². The minimum Gasteiger partial charge on any atom is -0.372 e. The van der Waals surface area contributed by atoms with Crippen molar-refractivity contribution in [1.29, 1.82) is 0 Å². The lowest BCUT2D eigenvalue weighted by Crippen LogP contribution is -2.45. The van der Waals surface area contributed by atoms with E-state index in [0.29, 0.717) is 41.1 Å². The number of hydrogen-bond donors (Lipinski definition) is 1. The molecular formula is C40H60N4O6S2. The molecule has 1 N–H and O–H groups in total. The molecule has 4 aliphatic heterocycles. The van der Waals surface area contributed by atoms with Crippen molar-refractivity contribution in [2.75, 3.05) is 74.7 Å². The Morgan fingerprint density at radius 1 is 0.596 bits per heavy atom. The lowest BCUT2D eigenvalue weighted by Gasteiger charge is -2.40. The molecule has 0 radical (unpaired) electrons. The molecule has 288 valence electrons. The molecule has 6 rings (SSSR count). The number of nitrogens with one attached hydrogen (secondary N) is 1. The molecule has 0 aliphatic carbocycles. The molecule has 4 aliphatic rings. The summed E-state index contributed by atoms with van der Waals surface area (Å²) < 4.78 is 46.3. The van der Waals surface area contributed by atoms with Gasteiger partial charge in [0.05, 0.1) is 9.79 Å². The van der Waals surface area contributed by atoms with E-state index in [2.05, 4.69) is 15.1 Å². The SMILES string of the molecule is CC(C)CC(=O)C(=O)N1CCC(C2CCN(c3ccc(S(C)(=O)=O)cc3)CC2)CC1.CS(=O)(=O)c1ccc(N2CCC(C3CCNCC3)CC2)cc1. The number of carbonyl (C=O) groups excluding carboxylic acids is 2. The van der Waals surface area contributed by atoms with E-state index in [1.165, 1.54) is 51.3 Å². The third kappa shape index (κ3) is 11.0. The second-order valence-corrected chi connectivity index (χ2v) is 20.0. The van der Waals surface area contributed by atoms with Gasteiger partial charge >= 0.3 is 0 Å². The number of carbonyl (C=O) groups is 2. The molecule has 0 unspecified atom stereocenters. The van der Waals surface area contributed by atoms with E-state index in [1.807, 2.05) is 38.1 Å². The topological polar surface area (TPSA) is 124 Å². The number of ketones is 1. The van der Waals surface area contributed by atoms with Gasteiger partial charge in [-0.15, -0.1) is 0 Å². The maximum absolute atomic E-state index is 12.3. The lowest BCUT2D eigenvalue weighted by atomic mass is 9.78. The van der Waals surface area contributed by atoms with E-state index in [9.17, 15) is 26.4 Å². The number of likely N-dealkylation sites (tertiary alicyclic amines) is 1. The second-order valence-electron chi connectivity index (χ2n) is 15.9. The van der Waals surface area contributed by atoms with Crippen molar-refractivity contribution in [3.8, 4) is 0 Å². The molecule has 0 aromatic heterocycles. The fourth-order valence-corrected chi connectivity index (χ4v) is 9.85. The van der Waals surface area contributed by atoms with Crippen molar-refractivity contribution >= 4 is 42.7 Å². The number of amides is 1. The number of anilines is 2. The molecule has 0 atom stereocenters. The number of Topliss-reactive ketones (excluding diaryl/α,β-unsaturated/α-hetero) is 1. The Balaban J connectivity index is 0.000000210. The van der Waals surface area contributed by atoms with Crippen LogP contribution in [0.25, 0.3) is 0 Å². The van der Waals surface area contributed by atoms with E-state index >= 15 is 0 Å². The van der Waals surface area contributed by atoms with Crippen LogP contribution < -0.4 is 15.1 Å². The second kappa shape index (κ2) is 17.9. The Morgan fingerprint density at radius 2 is 0.942 bits per heavy atom. The molecule has 10 nitrogen and oxygen atoms in total. The van der Waals surface area contributed by atoms with Crippen LogP contribution in [0.1, 0.15) is 71.6 Å². The molecule has 4 saturated heterocycles. The Bertz CT molecular complexity index is 1680. The van der Waals surface area contributed by atoms with Crippen molar-refractivity contribution in [3.63, 3.8) is 0 Å². The highest BCUT2D eigenvalue weighted by Gasteiger charge is 2.33. The fourth-order valence-electron chi connectivity index (χ4n) is 8.59. The number of hydrogen-bond acceptors (Lipinski definition) is 9. The summed E-state index contributed by atoms with van der Waals surface area (Å²) >= 11 is 0. The molecule has 4 heterocycles. The Kier molecular flexibility index (Phi) is 13.9. The maximum atomic E-state index is 12.3. The summed E-state index contributed by atoms with van der Waals surface area (Å²) in [4.78, 5) is 31.6. The van der Waals surface area contributed by atoms with Gasteiger partial charge in [0.2, 0.25) is 5.78 Å². The van der Waals surface area contributed by atoms with Crippen molar-refractivity contribution < 1.29 is 26.4 Å². The Morgan fingerprint density at radius 3 is 1.29 bits per heavy atom. The molecule has 0 spiro atoms. The van der Waals surface area contributed by atoms with Crippen LogP contribution in [0.15, 0.2) is 58.3 Å². The summed E-state index contributed by atoms with van der Waals surface area (Å²) in [5, 5.41) is 3.45. The van der Waals surface area contributed by atoms with Gasteiger partial charge in [-0.3, -0.25) is 9.59 Å². The zero-order valence-corrected chi connectivity index (χ0v) is 33.3. The van der Waals surface area contributed by atoms with Crippen LogP contribution in [0.4, 0.5) is 11.4 Å². The van der Waals surface area contributed by atoms with Crippen LogP contribution in [0.3, 0.4) is 0 Å². The largest absolute Gasteiger partial charge is 0.372 e. The summed E-state index contributed by atoms with van der Waals surface area (Å²) in [5.41, 5.74) is 2.22. The zero-order chi connectivity index (χ0) is 37.5. The summed E-state index contributed by atoms with van der Waals surface area (Å²) in [6.07, 6.45) is 12.2. The first-order valence-corrected chi connectivity index (χ1v) is 23.1. The number of rotatable bonds is 9. The summed E-state index contributed by atoms with van der Waals surface area (Å²) in [6.45, 7) is 11.8. The average molecular weight is 757 g/mol. The third-order valence-corrected chi connectivity index (χ3v) is 14.0. The molecule has 0 saturated carbocycles. The van der Waals surface area contributed by atoms with Crippen LogP contribution in [0.2, 0.25) is 0 Å². The normalized spacial score (nSPS) is 20.4. The van der Waals surface area contributed by atoms with Gasteiger partial charge in [-0.1, -0.05) is 13.8 Å². The summed E-state index contributed by atoms with van der Waals surface area (Å²) in [5.74, 6) is 2.70. The van der Waals surface area contributed by atoms with Gasteiger partial charge in [0.1, 0.15) is 0 Å². The van der Waals surface area contributed by atoms with Crippen LogP contribution in [-0.4, -0.2) is 98.3 Å². The molecule has 52 heavy (non-hydrogen) atoms. The third-order valence-electron chi connectivity index (χ3n) is 11.7. The summed E-state index contributed by atoms with van der Waals surface area (Å²) in [6, 6.07) is 14.5. The predicted molar refractivity (Wildman–Crippen MR) is 208 cm³/mol. The highest BCUT2D eigenvalue weighted by Crippen LogP contribution is 2.35. The Hall–Kier alpha value is -2.96. The van der Waals surface area contributed by atoms with Gasteiger partial charge in [0, 0.05) is 69.6 Å². The van der Waals surface area contributed by atoms with Crippen LogP contribution in [-0.2, 0) is 29.3 Å². The number of piperidine rings is 4. The van der Waals surface area contributed by atoms with Crippen molar-refractivity contribution in [2.24, 2.45) is 29.6 Å². The number of nitrogens with zero attached hydrogens (tertiary/aromatic N) is 3. The van der Waals surface area contributed by atoms with Gasteiger partial charge in [-0.25, -0.2) is 16.8 Å². The van der Waals surface area contributed by atoms with Gasteiger partial charge in [0.25, 0.3) is 5.91 Å². The first kappa shape index (κ1) is 40.2. The molecule has 12 heteroatoms. The van der Waals surface area contributed by atoms with Crippen LogP contribution in [0.5, 0.6) is 0 Å². The number of benzene rings is 2. The fraction of sp³-hybridized carbons (Fsp3) is 0.650. The highest BCUT2D eigenvalue weighted by atomic mass is 32.2. The minimum absolute atomic E-state index is 0.215. The zero-order valence-electron chi connectivity index (χ0n) is 31.6. The molecular weight excluding hydrogens is 697 g/mol. The molecule has 0 bridgehead atoms. The first-order valence-electron chi connectivity index (χ1n) is 19.3.